The van der Waals surface area contributed by atoms with Crippen LogP contribution >= 0.6 is 0 Å². The highest BCUT2D eigenvalue weighted by Crippen LogP contribution is 2.18. The standard InChI is InChI=1S/C53H105NO5/c1-3-5-7-9-11-13-15-16-17-18-19-20-21-22-23-24-25-26-27-28-29-30-31-32-33-34-35-37-38-40-42-44-46-50(56)52(58)49(48-55)54-53(59)51(57)47-45-43-41-39-36-14-12-10-8-6-4-2/h12,14,49-52,55-58H,3-11,13,15-48H2,1-2H3,(H,54,59)/b14-12-. The molecule has 6 nitrogen and oxygen atoms in total. The number of hydrogen-bond acceptors (Lipinski definition) is 5. The topological polar surface area (TPSA) is 110 Å². The highest BCUT2D eigenvalue weighted by atomic mass is 16.3. The van der Waals surface area contributed by atoms with E-state index < -0.39 is 36.9 Å². The molecule has 0 saturated heterocycles. The van der Waals surface area contributed by atoms with Crippen molar-refractivity contribution in [2.75, 3.05) is 6.61 Å². The number of aliphatic hydroxyl groups is 4. The van der Waals surface area contributed by atoms with Gasteiger partial charge >= 0.3 is 0 Å². The normalized spacial score (nSPS) is 13.9. The average molecular weight is 836 g/mol. The molecule has 0 aromatic heterocycles. The van der Waals surface area contributed by atoms with Crippen LogP contribution in [0.1, 0.15) is 290 Å². The molecule has 0 saturated carbocycles. The van der Waals surface area contributed by atoms with Crippen LogP contribution in [0.2, 0.25) is 0 Å². The van der Waals surface area contributed by atoms with Crippen molar-refractivity contribution in [2.45, 2.75) is 314 Å². The van der Waals surface area contributed by atoms with Gasteiger partial charge in [0.1, 0.15) is 12.2 Å². The molecule has 0 heterocycles. The monoisotopic (exact) mass is 836 g/mol. The van der Waals surface area contributed by atoms with Gasteiger partial charge in [-0.3, -0.25) is 4.79 Å². The number of nitrogens with one attached hydrogen (secondary N) is 1. The predicted octanol–water partition coefficient (Wildman–Crippen LogP) is 14.9. The summed E-state index contributed by atoms with van der Waals surface area (Å²) < 4.78 is 0. The number of carbonyl (C=O) groups is 1. The Morgan fingerprint density at radius 2 is 0.678 bits per heavy atom. The molecule has 4 unspecified atom stereocenters. The molecule has 352 valence electrons. The Morgan fingerprint density at radius 3 is 1.02 bits per heavy atom. The van der Waals surface area contributed by atoms with Gasteiger partial charge in [0.2, 0.25) is 5.91 Å². The Balaban J connectivity index is 3.51. The van der Waals surface area contributed by atoms with Gasteiger partial charge in [0, 0.05) is 0 Å². The number of carbonyl (C=O) groups excluding carboxylic acids is 1. The summed E-state index contributed by atoms with van der Waals surface area (Å²) in [7, 11) is 0. The lowest BCUT2D eigenvalue weighted by Gasteiger charge is -2.27. The maximum atomic E-state index is 12.5. The Kier molecular flexibility index (Phi) is 47.3. The van der Waals surface area contributed by atoms with Crippen molar-refractivity contribution in [3.63, 3.8) is 0 Å². The average Bonchev–Trinajstić information content (AvgIpc) is 3.24. The number of aliphatic hydroxyl groups excluding tert-OH is 4. The fourth-order valence-corrected chi connectivity index (χ4v) is 8.52. The van der Waals surface area contributed by atoms with Gasteiger partial charge in [-0.1, -0.05) is 264 Å². The molecule has 0 spiro atoms. The van der Waals surface area contributed by atoms with Gasteiger partial charge in [-0.2, -0.15) is 0 Å². The van der Waals surface area contributed by atoms with E-state index in [0.29, 0.717) is 12.8 Å². The SMILES string of the molecule is CCCCC/C=C\CCCCCCC(O)C(=O)NC(CO)C(O)C(O)CCCCCCCCCCCCCCCCCCCCCCCCCCCCCCCCCC. The van der Waals surface area contributed by atoms with Gasteiger partial charge in [0.15, 0.2) is 0 Å². The summed E-state index contributed by atoms with van der Waals surface area (Å²) in [5.74, 6) is -0.591. The Bertz CT molecular complexity index is 852. The van der Waals surface area contributed by atoms with E-state index in [0.717, 1.165) is 57.8 Å². The summed E-state index contributed by atoms with van der Waals surface area (Å²) in [6.07, 6.45) is 55.8. The van der Waals surface area contributed by atoms with Crippen molar-refractivity contribution in [1.29, 1.82) is 0 Å². The second-order valence-corrected chi connectivity index (χ2v) is 18.6. The van der Waals surface area contributed by atoms with Crippen molar-refractivity contribution in [1.82, 2.24) is 5.32 Å². The lowest BCUT2D eigenvalue weighted by Crippen LogP contribution is -2.53. The lowest BCUT2D eigenvalue weighted by atomic mass is 9.99. The van der Waals surface area contributed by atoms with E-state index in [1.54, 1.807) is 0 Å². The molecular formula is C53H105NO5. The highest BCUT2D eigenvalue weighted by Gasteiger charge is 2.28. The molecule has 0 aromatic carbocycles. The number of amides is 1. The fraction of sp³-hybridized carbons (Fsp3) is 0.943. The molecule has 0 aromatic rings. The first kappa shape index (κ1) is 58.0. The third-order valence-corrected chi connectivity index (χ3v) is 12.7. The smallest absolute Gasteiger partial charge is 0.249 e. The summed E-state index contributed by atoms with van der Waals surface area (Å²) >= 11 is 0. The maximum Gasteiger partial charge on any atom is 0.249 e. The molecule has 0 radical (unpaired) electrons. The summed E-state index contributed by atoms with van der Waals surface area (Å²) in [6.45, 7) is 4.03. The van der Waals surface area contributed by atoms with Gasteiger partial charge in [-0.15, -0.1) is 0 Å². The van der Waals surface area contributed by atoms with E-state index in [2.05, 4.69) is 31.3 Å². The fourth-order valence-electron chi connectivity index (χ4n) is 8.52. The summed E-state index contributed by atoms with van der Waals surface area (Å²) in [4.78, 5) is 12.5. The lowest BCUT2D eigenvalue weighted by molar-refractivity contribution is -0.132. The van der Waals surface area contributed by atoms with Crippen LogP contribution in [0.25, 0.3) is 0 Å². The summed E-state index contributed by atoms with van der Waals surface area (Å²) in [5, 5.41) is 43.7. The quantitative estimate of drug-likeness (QED) is 0.0310. The Hall–Kier alpha value is -0.950. The van der Waals surface area contributed by atoms with Crippen LogP contribution in [-0.4, -0.2) is 57.3 Å². The van der Waals surface area contributed by atoms with Crippen molar-refractivity contribution in [3.05, 3.63) is 12.2 Å². The molecule has 0 rings (SSSR count). The summed E-state index contributed by atoms with van der Waals surface area (Å²) in [5.41, 5.74) is 0. The molecule has 0 aliphatic carbocycles. The molecule has 6 heteroatoms. The molecule has 0 aliphatic rings. The van der Waals surface area contributed by atoms with E-state index >= 15 is 0 Å². The van der Waals surface area contributed by atoms with Crippen molar-refractivity contribution < 1.29 is 25.2 Å². The zero-order valence-electron chi connectivity index (χ0n) is 39.8. The number of rotatable bonds is 49. The first-order valence-electron chi connectivity index (χ1n) is 26.6. The van der Waals surface area contributed by atoms with Crippen molar-refractivity contribution >= 4 is 5.91 Å². The minimum atomic E-state index is -1.26. The van der Waals surface area contributed by atoms with Gasteiger partial charge in [0.05, 0.1) is 18.8 Å². The first-order valence-corrected chi connectivity index (χ1v) is 26.6. The number of allylic oxidation sites excluding steroid dienone is 2. The second-order valence-electron chi connectivity index (χ2n) is 18.6. The van der Waals surface area contributed by atoms with Crippen LogP contribution in [0.4, 0.5) is 0 Å². The van der Waals surface area contributed by atoms with Gasteiger partial charge in [-0.05, 0) is 38.5 Å². The van der Waals surface area contributed by atoms with E-state index in [4.69, 9.17) is 0 Å². The highest BCUT2D eigenvalue weighted by molar-refractivity contribution is 5.80. The van der Waals surface area contributed by atoms with E-state index in [-0.39, 0.29) is 0 Å². The minimum absolute atomic E-state index is 0.356. The molecule has 5 N–H and O–H groups in total. The van der Waals surface area contributed by atoms with Gasteiger partial charge < -0.3 is 25.7 Å². The summed E-state index contributed by atoms with van der Waals surface area (Å²) in [6, 6.07) is -0.986. The first-order chi connectivity index (χ1) is 29.0. The zero-order chi connectivity index (χ0) is 43.1. The van der Waals surface area contributed by atoms with Gasteiger partial charge in [-0.25, -0.2) is 0 Å². The molecule has 0 fully saturated rings. The Labute approximate surface area is 368 Å². The third kappa shape index (κ3) is 42.1. The van der Waals surface area contributed by atoms with Crippen molar-refractivity contribution in [3.8, 4) is 0 Å². The number of unbranched alkanes of at least 4 members (excludes halogenated alkanes) is 38. The van der Waals surface area contributed by atoms with Crippen LogP contribution in [0.15, 0.2) is 12.2 Å². The van der Waals surface area contributed by atoms with Crippen molar-refractivity contribution in [2.24, 2.45) is 0 Å². The van der Waals surface area contributed by atoms with Crippen LogP contribution in [0.5, 0.6) is 0 Å². The van der Waals surface area contributed by atoms with E-state index in [1.807, 2.05) is 0 Å². The second kappa shape index (κ2) is 48.1. The zero-order valence-corrected chi connectivity index (χ0v) is 39.8. The van der Waals surface area contributed by atoms with E-state index in [1.165, 1.54) is 205 Å². The minimum Gasteiger partial charge on any atom is -0.394 e. The maximum absolute atomic E-state index is 12.5. The Morgan fingerprint density at radius 1 is 0.407 bits per heavy atom. The van der Waals surface area contributed by atoms with Crippen LogP contribution < -0.4 is 5.32 Å². The molecule has 0 aliphatic heterocycles. The van der Waals surface area contributed by atoms with Crippen LogP contribution in [0.3, 0.4) is 0 Å². The largest absolute Gasteiger partial charge is 0.394 e. The molecule has 1 amide bonds. The molecule has 59 heavy (non-hydrogen) atoms. The molecule has 0 bridgehead atoms. The predicted molar refractivity (Wildman–Crippen MR) is 256 cm³/mol. The molecule has 4 atom stereocenters. The number of hydrogen-bond donors (Lipinski definition) is 5. The van der Waals surface area contributed by atoms with Crippen LogP contribution in [-0.2, 0) is 4.79 Å². The molecular weight excluding hydrogens is 731 g/mol. The van der Waals surface area contributed by atoms with Crippen LogP contribution in [0, 0.1) is 0 Å². The van der Waals surface area contributed by atoms with Gasteiger partial charge in [0.25, 0.3) is 0 Å². The third-order valence-electron chi connectivity index (χ3n) is 12.7. The van der Waals surface area contributed by atoms with E-state index in [9.17, 15) is 25.2 Å².